The zero-order valence-electron chi connectivity index (χ0n) is 16.0. The monoisotopic (exact) mass is 403 g/mol. The number of carbonyl (C=O) groups is 1. The van der Waals surface area contributed by atoms with Gasteiger partial charge in [-0.3, -0.25) is 5.10 Å². The molecular weight excluding hydrogens is 382 g/mol. The van der Waals surface area contributed by atoms with Crippen molar-refractivity contribution >= 4 is 23.1 Å². The second-order valence-electron chi connectivity index (χ2n) is 6.72. The van der Waals surface area contributed by atoms with Crippen molar-refractivity contribution in [1.29, 1.82) is 0 Å². The minimum absolute atomic E-state index is 0.248. The van der Waals surface area contributed by atoms with Crippen molar-refractivity contribution < 1.29 is 4.79 Å². The molecule has 0 bridgehead atoms. The highest BCUT2D eigenvalue weighted by molar-refractivity contribution is 7.15. The van der Waals surface area contributed by atoms with E-state index in [1.807, 2.05) is 36.5 Å². The van der Waals surface area contributed by atoms with Gasteiger partial charge in [-0.05, 0) is 35.7 Å². The third-order valence-electron chi connectivity index (χ3n) is 4.54. The second-order valence-corrected chi connectivity index (χ2v) is 7.84. The lowest BCUT2D eigenvalue weighted by Gasteiger charge is -2.07. The van der Waals surface area contributed by atoms with Crippen LogP contribution < -0.4 is 10.6 Å². The number of benzene rings is 2. The Hall–Kier alpha value is -3.45. The van der Waals surface area contributed by atoms with Crippen molar-refractivity contribution in [2.75, 3.05) is 5.32 Å². The molecule has 4 rings (SSSR count). The standard InChI is InChI=1S/C22H21N5OS/c1-15-4-2-3-5-19(15)20-14-23-21(29-20)10-16-6-8-18(9-7-16)27-22(28)24-11-17-12-25-26-13-17/h2-9,12-14H,10-11H2,1H3,(H,25,26)(H2,24,27,28). The fourth-order valence-corrected chi connectivity index (χ4v) is 4.02. The van der Waals surface area contributed by atoms with Gasteiger partial charge in [0.2, 0.25) is 0 Å². The molecule has 0 saturated heterocycles. The summed E-state index contributed by atoms with van der Waals surface area (Å²) in [6.07, 6.45) is 6.14. The molecule has 0 atom stereocenters. The number of thiazole rings is 1. The number of aryl methyl sites for hydroxylation is 1. The Labute approximate surface area is 173 Å². The van der Waals surface area contributed by atoms with Crippen LogP contribution in [0.5, 0.6) is 0 Å². The smallest absolute Gasteiger partial charge is 0.319 e. The van der Waals surface area contributed by atoms with Crippen LogP contribution in [-0.4, -0.2) is 21.2 Å². The topological polar surface area (TPSA) is 82.7 Å². The molecule has 0 aliphatic heterocycles. The first-order chi connectivity index (χ1) is 14.2. The maximum absolute atomic E-state index is 12.0. The summed E-state index contributed by atoms with van der Waals surface area (Å²) in [5.74, 6) is 0. The largest absolute Gasteiger partial charge is 0.334 e. The van der Waals surface area contributed by atoms with E-state index in [4.69, 9.17) is 0 Å². The van der Waals surface area contributed by atoms with Gasteiger partial charge in [-0.2, -0.15) is 5.10 Å². The van der Waals surface area contributed by atoms with Crippen molar-refractivity contribution in [3.8, 4) is 10.4 Å². The fourth-order valence-electron chi connectivity index (χ4n) is 2.98. The molecule has 0 fully saturated rings. The first-order valence-corrected chi connectivity index (χ1v) is 10.1. The molecule has 0 spiro atoms. The zero-order chi connectivity index (χ0) is 20.1. The predicted molar refractivity (Wildman–Crippen MR) is 116 cm³/mol. The van der Waals surface area contributed by atoms with E-state index in [0.717, 1.165) is 28.2 Å². The van der Waals surface area contributed by atoms with E-state index in [0.29, 0.717) is 6.54 Å². The van der Waals surface area contributed by atoms with Crippen LogP contribution in [0.15, 0.2) is 67.1 Å². The van der Waals surface area contributed by atoms with Crippen LogP contribution in [0, 0.1) is 6.92 Å². The van der Waals surface area contributed by atoms with Crippen LogP contribution in [0.2, 0.25) is 0 Å². The number of rotatable bonds is 6. The van der Waals surface area contributed by atoms with Crippen molar-refractivity contribution in [3.05, 3.63) is 88.8 Å². The molecule has 0 radical (unpaired) electrons. The molecule has 2 aromatic heterocycles. The Kier molecular flexibility index (Phi) is 5.67. The number of hydrogen-bond donors (Lipinski definition) is 3. The normalized spacial score (nSPS) is 10.7. The molecule has 0 aliphatic carbocycles. The second kappa shape index (κ2) is 8.70. The molecule has 0 aliphatic rings. The summed E-state index contributed by atoms with van der Waals surface area (Å²) in [4.78, 5) is 17.8. The molecule has 2 amide bonds. The van der Waals surface area contributed by atoms with Crippen LogP contribution in [0.25, 0.3) is 10.4 Å². The Morgan fingerprint density at radius 1 is 1.07 bits per heavy atom. The van der Waals surface area contributed by atoms with E-state index < -0.39 is 0 Å². The summed E-state index contributed by atoms with van der Waals surface area (Å²) in [7, 11) is 0. The maximum atomic E-state index is 12.0. The van der Waals surface area contributed by atoms with Crippen molar-refractivity contribution in [2.24, 2.45) is 0 Å². The van der Waals surface area contributed by atoms with Gasteiger partial charge in [0.05, 0.1) is 16.1 Å². The molecule has 0 unspecified atom stereocenters. The molecule has 6 nitrogen and oxygen atoms in total. The summed E-state index contributed by atoms with van der Waals surface area (Å²) in [6, 6.07) is 15.9. The van der Waals surface area contributed by atoms with Gasteiger partial charge in [0.1, 0.15) is 0 Å². The Balaban J connectivity index is 1.34. The van der Waals surface area contributed by atoms with E-state index in [9.17, 15) is 4.79 Å². The first kappa shape index (κ1) is 18.9. The summed E-state index contributed by atoms with van der Waals surface area (Å²) in [5.41, 5.74) is 5.31. The van der Waals surface area contributed by atoms with Gasteiger partial charge in [-0.25, -0.2) is 9.78 Å². The lowest BCUT2D eigenvalue weighted by Crippen LogP contribution is -2.27. The molecule has 2 aromatic carbocycles. The molecule has 0 saturated carbocycles. The summed E-state index contributed by atoms with van der Waals surface area (Å²) >= 11 is 1.72. The number of nitrogens with zero attached hydrogens (tertiary/aromatic N) is 2. The molecule has 2 heterocycles. The summed E-state index contributed by atoms with van der Waals surface area (Å²) in [5, 5.41) is 13.3. The van der Waals surface area contributed by atoms with E-state index in [1.54, 1.807) is 23.7 Å². The summed E-state index contributed by atoms with van der Waals surface area (Å²) < 4.78 is 0. The van der Waals surface area contributed by atoms with Gasteiger partial charge in [-0.1, -0.05) is 36.4 Å². The minimum Gasteiger partial charge on any atom is -0.334 e. The van der Waals surface area contributed by atoms with Gasteiger partial charge < -0.3 is 10.6 Å². The number of hydrogen-bond acceptors (Lipinski definition) is 4. The number of H-pyrrole nitrogens is 1. The van der Waals surface area contributed by atoms with Gasteiger partial charge >= 0.3 is 6.03 Å². The number of carbonyl (C=O) groups excluding carboxylic acids is 1. The number of nitrogens with one attached hydrogen (secondary N) is 3. The average molecular weight is 404 g/mol. The number of amides is 2. The Morgan fingerprint density at radius 2 is 1.90 bits per heavy atom. The number of anilines is 1. The highest BCUT2D eigenvalue weighted by Gasteiger charge is 2.08. The molecule has 7 heteroatoms. The number of urea groups is 1. The highest BCUT2D eigenvalue weighted by Crippen LogP contribution is 2.29. The maximum Gasteiger partial charge on any atom is 0.319 e. The Morgan fingerprint density at radius 3 is 2.66 bits per heavy atom. The SMILES string of the molecule is Cc1ccccc1-c1cnc(Cc2ccc(NC(=O)NCc3cn[nH]c3)cc2)s1. The lowest BCUT2D eigenvalue weighted by atomic mass is 10.1. The van der Waals surface area contributed by atoms with Crippen molar-refractivity contribution in [3.63, 3.8) is 0 Å². The summed E-state index contributed by atoms with van der Waals surface area (Å²) in [6.45, 7) is 2.54. The highest BCUT2D eigenvalue weighted by atomic mass is 32.1. The van der Waals surface area contributed by atoms with Crippen molar-refractivity contribution in [1.82, 2.24) is 20.5 Å². The van der Waals surface area contributed by atoms with Crippen molar-refractivity contribution in [2.45, 2.75) is 19.9 Å². The van der Waals surface area contributed by atoms with E-state index in [-0.39, 0.29) is 6.03 Å². The van der Waals surface area contributed by atoms with Gasteiger partial charge in [-0.15, -0.1) is 11.3 Å². The quantitative estimate of drug-likeness (QED) is 0.434. The number of aromatic nitrogens is 3. The van der Waals surface area contributed by atoms with Gasteiger partial charge in [0, 0.05) is 36.6 Å². The lowest BCUT2D eigenvalue weighted by molar-refractivity contribution is 0.251. The molecular formula is C22H21N5OS. The van der Waals surface area contributed by atoms with Crippen LogP contribution in [0.1, 0.15) is 21.7 Å². The third kappa shape index (κ3) is 4.89. The van der Waals surface area contributed by atoms with Crippen LogP contribution in [0.3, 0.4) is 0 Å². The van der Waals surface area contributed by atoms with Crippen LogP contribution in [0.4, 0.5) is 10.5 Å². The van der Waals surface area contributed by atoms with Gasteiger partial charge in [0.25, 0.3) is 0 Å². The van der Waals surface area contributed by atoms with Crippen LogP contribution in [-0.2, 0) is 13.0 Å². The predicted octanol–water partition coefficient (Wildman–Crippen LogP) is 4.75. The first-order valence-electron chi connectivity index (χ1n) is 9.29. The van der Waals surface area contributed by atoms with E-state index in [2.05, 4.69) is 50.9 Å². The van der Waals surface area contributed by atoms with E-state index in [1.165, 1.54) is 16.0 Å². The molecule has 29 heavy (non-hydrogen) atoms. The van der Waals surface area contributed by atoms with Gasteiger partial charge in [0.15, 0.2) is 0 Å². The number of aromatic amines is 1. The Bertz CT molecular complexity index is 1090. The average Bonchev–Trinajstić information content (AvgIpc) is 3.40. The van der Waals surface area contributed by atoms with Crippen LogP contribution >= 0.6 is 11.3 Å². The molecule has 146 valence electrons. The minimum atomic E-state index is -0.248. The fraction of sp³-hybridized carbons (Fsp3) is 0.136. The molecule has 3 N–H and O–H groups in total. The third-order valence-corrected chi connectivity index (χ3v) is 5.57. The molecule has 4 aromatic rings. The zero-order valence-corrected chi connectivity index (χ0v) is 16.8. The van der Waals surface area contributed by atoms with E-state index >= 15 is 0 Å².